The molecule has 0 saturated carbocycles. The van der Waals surface area contributed by atoms with Crippen molar-refractivity contribution in [3.8, 4) is 0 Å². The first-order chi connectivity index (χ1) is 12.2. The van der Waals surface area contributed by atoms with Crippen LogP contribution in [-0.4, -0.2) is 10.9 Å². The summed E-state index contributed by atoms with van der Waals surface area (Å²) < 4.78 is 0.980. The number of benzene rings is 2. The maximum Gasteiger partial charge on any atom is 0.225 e. The summed E-state index contributed by atoms with van der Waals surface area (Å²) in [6.07, 6.45) is 2.85. The molecule has 0 aliphatic carbocycles. The lowest BCUT2D eigenvalue weighted by atomic mass is 10.1. The Morgan fingerprint density at radius 3 is 2.44 bits per heavy atom. The number of hydrogen-bond acceptors (Lipinski definition) is 3. The highest BCUT2D eigenvalue weighted by Crippen LogP contribution is 2.25. The average molecular weight is 396 g/mol. The molecule has 0 radical (unpaired) electrons. The van der Waals surface area contributed by atoms with Gasteiger partial charge in [-0.2, -0.15) is 0 Å². The van der Waals surface area contributed by atoms with Crippen molar-refractivity contribution in [3.63, 3.8) is 0 Å². The van der Waals surface area contributed by atoms with Gasteiger partial charge in [-0.05, 0) is 52.2 Å². The van der Waals surface area contributed by atoms with Gasteiger partial charge in [-0.1, -0.05) is 42.5 Å². The first kappa shape index (κ1) is 17.2. The molecule has 25 heavy (non-hydrogen) atoms. The van der Waals surface area contributed by atoms with Gasteiger partial charge in [0.25, 0.3) is 0 Å². The summed E-state index contributed by atoms with van der Waals surface area (Å²) in [5, 5.41) is 6.10. The molecule has 4 nitrogen and oxygen atoms in total. The standard InChI is InChI=1S/C20H18BrN3O/c21-17-8-4-5-9-18(17)23-16-11-12-19(22-14-16)24-20(25)13-10-15-6-2-1-3-7-15/h1-9,11-12,14,23H,10,13H2,(H,22,24,25). The SMILES string of the molecule is O=C(CCc1ccccc1)Nc1ccc(Nc2ccccc2Br)cn1. The lowest BCUT2D eigenvalue weighted by Gasteiger charge is -2.09. The van der Waals surface area contributed by atoms with Crippen molar-refractivity contribution in [1.29, 1.82) is 0 Å². The first-order valence-corrected chi connectivity index (χ1v) is 8.81. The number of hydrogen-bond donors (Lipinski definition) is 2. The highest BCUT2D eigenvalue weighted by Gasteiger charge is 2.05. The van der Waals surface area contributed by atoms with Crippen LogP contribution in [0.2, 0.25) is 0 Å². The van der Waals surface area contributed by atoms with Crippen LogP contribution in [-0.2, 0) is 11.2 Å². The Kier molecular flexibility index (Phi) is 5.80. The van der Waals surface area contributed by atoms with Gasteiger partial charge in [0.2, 0.25) is 5.91 Å². The van der Waals surface area contributed by atoms with E-state index in [0.717, 1.165) is 21.4 Å². The molecule has 2 aromatic carbocycles. The van der Waals surface area contributed by atoms with Crippen LogP contribution in [0.1, 0.15) is 12.0 Å². The van der Waals surface area contributed by atoms with Gasteiger partial charge in [-0.25, -0.2) is 4.98 Å². The summed E-state index contributed by atoms with van der Waals surface area (Å²) in [5.74, 6) is 0.513. The van der Waals surface area contributed by atoms with E-state index in [4.69, 9.17) is 0 Å². The van der Waals surface area contributed by atoms with Crippen molar-refractivity contribution >= 4 is 39.0 Å². The lowest BCUT2D eigenvalue weighted by Crippen LogP contribution is -2.13. The largest absolute Gasteiger partial charge is 0.353 e. The summed E-state index contributed by atoms with van der Waals surface area (Å²) in [6.45, 7) is 0. The van der Waals surface area contributed by atoms with Gasteiger partial charge in [0.1, 0.15) is 5.82 Å². The van der Waals surface area contributed by atoms with Gasteiger partial charge in [0.15, 0.2) is 0 Å². The second-order valence-corrected chi connectivity index (χ2v) is 6.43. The van der Waals surface area contributed by atoms with Gasteiger partial charge >= 0.3 is 0 Å². The molecule has 0 bridgehead atoms. The number of nitrogens with zero attached hydrogens (tertiary/aromatic N) is 1. The number of nitrogens with one attached hydrogen (secondary N) is 2. The Balaban J connectivity index is 1.53. The van der Waals surface area contributed by atoms with Crippen molar-refractivity contribution in [2.45, 2.75) is 12.8 Å². The molecule has 2 N–H and O–H groups in total. The van der Waals surface area contributed by atoms with Crippen molar-refractivity contribution in [1.82, 2.24) is 4.98 Å². The highest BCUT2D eigenvalue weighted by molar-refractivity contribution is 9.10. The Morgan fingerprint density at radius 1 is 0.960 bits per heavy atom. The van der Waals surface area contributed by atoms with E-state index in [0.29, 0.717) is 18.7 Å². The average Bonchev–Trinajstić information content (AvgIpc) is 2.64. The summed E-state index contributed by atoms with van der Waals surface area (Å²) in [4.78, 5) is 16.3. The van der Waals surface area contributed by atoms with E-state index in [-0.39, 0.29) is 5.91 Å². The van der Waals surface area contributed by atoms with Crippen LogP contribution in [0.3, 0.4) is 0 Å². The molecule has 1 amide bonds. The lowest BCUT2D eigenvalue weighted by molar-refractivity contribution is -0.116. The molecule has 3 aromatic rings. The van der Waals surface area contributed by atoms with E-state index >= 15 is 0 Å². The fourth-order valence-corrected chi connectivity index (χ4v) is 2.75. The van der Waals surface area contributed by atoms with E-state index in [1.165, 1.54) is 0 Å². The fourth-order valence-electron chi connectivity index (χ4n) is 2.37. The normalized spacial score (nSPS) is 10.3. The molecule has 0 fully saturated rings. The Morgan fingerprint density at radius 2 is 1.72 bits per heavy atom. The molecule has 5 heteroatoms. The van der Waals surface area contributed by atoms with Crippen molar-refractivity contribution < 1.29 is 4.79 Å². The smallest absolute Gasteiger partial charge is 0.225 e. The summed E-state index contributed by atoms with van der Waals surface area (Å²) in [5.41, 5.74) is 2.97. The predicted octanol–water partition coefficient (Wildman–Crippen LogP) is 5.16. The molecule has 126 valence electrons. The molecule has 0 atom stereocenters. The number of anilines is 3. The quantitative estimate of drug-likeness (QED) is 0.605. The number of halogens is 1. The van der Waals surface area contributed by atoms with E-state index in [1.54, 1.807) is 12.3 Å². The third-order valence-electron chi connectivity index (χ3n) is 3.67. The maximum atomic E-state index is 12.0. The van der Waals surface area contributed by atoms with Crippen molar-refractivity contribution in [2.75, 3.05) is 10.6 Å². The van der Waals surface area contributed by atoms with Crippen LogP contribution < -0.4 is 10.6 Å². The van der Waals surface area contributed by atoms with Gasteiger partial charge in [0.05, 0.1) is 17.6 Å². The number of para-hydroxylation sites is 1. The first-order valence-electron chi connectivity index (χ1n) is 8.02. The molecular formula is C20H18BrN3O. The minimum Gasteiger partial charge on any atom is -0.353 e. The number of carbonyl (C=O) groups excluding carboxylic acids is 1. The minimum absolute atomic E-state index is 0.0390. The molecule has 1 heterocycles. The zero-order valence-corrected chi connectivity index (χ0v) is 15.2. The number of aryl methyl sites for hydroxylation is 1. The number of aromatic nitrogens is 1. The summed E-state index contributed by atoms with van der Waals surface area (Å²) >= 11 is 3.50. The highest BCUT2D eigenvalue weighted by atomic mass is 79.9. The Hall–Kier alpha value is -2.66. The topological polar surface area (TPSA) is 54.0 Å². The number of carbonyl (C=O) groups is 1. The van der Waals surface area contributed by atoms with Gasteiger partial charge in [-0.15, -0.1) is 0 Å². The molecule has 0 aliphatic rings. The second kappa shape index (κ2) is 8.44. The van der Waals surface area contributed by atoms with Crippen LogP contribution in [0.4, 0.5) is 17.2 Å². The predicted molar refractivity (Wildman–Crippen MR) is 105 cm³/mol. The third kappa shape index (κ3) is 5.16. The monoisotopic (exact) mass is 395 g/mol. The number of rotatable bonds is 6. The summed E-state index contributed by atoms with van der Waals surface area (Å²) in [6, 6.07) is 21.5. The van der Waals surface area contributed by atoms with Gasteiger partial charge in [0, 0.05) is 10.9 Å². The molecule has 0 unspecified atom stereocenters. The molecule has 1 aromatic heterocycles. The molecule has 0 spiro atoms. The van der Waals surface area contributed by atoms with Gasteiger partial charge in [-0.3, -0.25) is 4.79 Å². The number of pyridine rings is 1. The van der Waals surface area contributed by atoms with Crippen LogP contribution >= 0.6 is 15.9 Å². The Bertz CT molecular complexity index is 835. The molecule has 3 rings (SSSR count). The third-order valence-corrected chi connectivity index (χ3v) is 4.36. The summed E-state index contributed by atoms with van der Waals surface area (Å²) in [7, 11) is 0. The fraction of sp³-hybridized carbons (Fsp3) is 0.100. The second-order valence-electron chi connectivity index (χ2n) is 5.57. The zero-order valence-electron chi connectivity index (χ0n) is 13.6. The molecule has 0 aliphatic heterocycles. The number of amides is 1. The van der Waals surface area contributed by atoms with Crippen LogP contribution in [0.15, 0.2) is 77.4 Å². The van der Waals surface area contributed by atoms with E-state index < -0.39 is 0 Å². The molecular weight excluding hydrogens is 378 g/mol. The van der Waals surface area contributed by atoms with Crippen LogP contribution in [0.25, 0.3) is 0 Å². The van der Waals surface area contributed by atoms with Crippen molar-refractivity contribution in [3.05, 3.63) is 83.0 Å². The van der Waals surface area contributed by atoms with E-state index in [1.807, 2.05) is 60.7 Å². The molecule has 0 saturated heterocycles. The van der Waals surface area contributed by atoms with E-state index in [2.05, 4.69) is 31.5 Å². The van der Waals surface area contributed by atoms with Crippen LogP contribution in [0, 0.1) is 0 Å². The zero-order chi connectivity index (χ0) is 17.5. The van der Waals surface area contributed by atoms with Crippen molar-refractivity contribution in [2.24, 2.45) is 0 Å². The maximum absolute atomic E-state index is 12.0. The van der Waals surface area contributed by atoms with Gasteiger partial charge < -0.3 is 10.6 Å². The van der Waals surface area contributed by atoms with Crippen LogP contribution in [0.5, 0.6) is 0 Å². The minimum atomic E-state index is -0.0390. The van der Waals surface area contributed by atoms with E-state index in [9.17, 15) is 4.79 Å². The Labute approximate surface area is 155 Å².